The third-order valence-electron chi connectivity index (χ3n) is 2.73. The number of furan rings is 2. The first-order chi connectivity index (χ1) is 8.72. The van der Waals surface area contributed by atoms with E-state index in [1.807, 2.05) is 56.3 Å². The molecule has 0 spiro atoms. The lowest BCUT2D eigenvalue weighted by Gasteiger charge is -2.00. The molecule has 3 nitrogen and oxygen atoms in total. The maximum Gasteiger partial charge on any atom is 0.152 e. The van der Waals surface area contributed by atoms with E-state index in [1.54, 1.807) is 0 Å². The van der Waals surface area contributed by atoms with Crippen LogP contribution in [0.25, 0.3) is 22.9 Å². The molecule has 0 saturated heterocycles. The van der Waals surface area contributed by atoms with E-state index in [1.165, 1.54) is 0 Å². The van der Waals surface area contributed by atoms with Crippen molar-refractivity contribution in [3.63, 3.8) is 0 Å². The Kier molecular flexibility index (Phi) is 2.52. The lowest BCUT2D eigenvalue weighted by Crippen LogP contribution is -1.84. The zero-order chi connectivity index (χ0) is 12.5. The first kappa shape index (κ1) is 10.8. The van der Waals surface area contributed by atoms with Crippen LogP contribution in [0.5, 0.6) is 0 Å². The van der Waals surface area contributed by atoms with E-state index in [-0.39, 0.29) is 0 Å². The summed E-state index contributed by atoms with van der Waals surface area (Å²) < 4.78 is 11.1. The number of aryl methyl sites for hydroxylation is 2. The average Bonchev–Trinajstić information content (AvgIpc) is 2.98. The van der Waals surface area contributed by atoms with E-state index in [9.17, 15) is 0 Å². The largest absolute Gasteiger partial charge is 0.460 e. The second-order valence-electron chi connectivity index (χ2n) is 4.23. The molecule has 0 atom stereocenters. The summed E-state index contributed by atoms with van der Waals surface area (Å²) >= 11 is 0. The molecule has 90 valence electrons. The van der Waals surface area contributed by atoms with Gasteiger partial charge in [0.2, 0.25) is 0 Å². The molecular weight excluding hydrogens is 226 g/mol. The number of nitrogens with zero attached hydrogens (tertiary/aromatic N) is 1. The third-order valence-corrected chi connectivity index (χ3v) is 2.73. The van der Waals surface area contributed by atoms with Gasteiger partial charge in [-0.25, -0.2) is 4.98 Å². The number of hydrogen-bond acceptors (Lipinski definition) is 3. The van der Waals surface area contributed by atoms with Gasteiger partial charge in [-0.1, -0.05) is 6.07 Å². The van der Waals surface area contributed by atoms with E-state index in [4.69, 9.17) is 8.83 Å². The highest BCUT2D eigenvalue weighted by Gasteiger charge is 2.08. The Morgan fingerprint density at radius 1 is 0.722 bits per heavy atom. The Morgan fingerprint density at radius 3 is 1.61 bits per heavy atom. The van der Waals surface area contributed by atoms with E-state index < -0.39 is 0 Å². The van der Waals surface area contributed by atoms with Gasteiger partial charge in [-0.15, -0.1) is 0 Å². The summed E-state index contributed by atoms with van der Waals surface area (Å²) in [5, 5.41) is 0. The van der Waals surface area contributed by atoms with Crippen molar-refractivity contribution in [2.45, 2.75) is 13.8 Å². The van der Waals surface area contributed by atoms with Crippen LogP contribution in [-0.2, 0) is 0 Å². The zero-order valence-electron chi connectivity index (χ0n) is 10.3. The monoisotopic (exact) mass is 239 g/mol. The second-order valence-corrected chi connectivity index (χ2v) is 4.23. The molecular formula is C15H13NO2. The average molecular weight is 239 g/mol. The van der Waals surface area contributed by atoms with Crippen LogP contribution >= 0.6 is 0 Å². The maximum absolute atomic E-state index is 5.57. The zero-order valence-corrected chi connectivity index (χ0v) is 10.3. The Bertz CT molecular complexity index is 624. The summed E-state index contributed by atoms with van der Waals surface area (Å²) in [5.74, 6) is 3.31. The summed E-state index contributed by atoms with van der Waals surface area (Å²) in [6, 6.07) is 13.5. The fourth-order valence-corrected chi connectivity index (χ4v) is 1.85. The minimum absolute atomic E-state index is 0.776. The van der Waals surface area contributed by atoms with Gasteiger partial charge in [0.15, 0.2) is 11.5 Å². The molecule has 0 unspecified atom stereocenters. The second kappa shape index (κ2) is 4.18. The molecule has 0 saturated carbocycles. The molecule has 3 aromatic heterocycles. The van der Waals surface area contributed by atoms with Gasteiger partial charge in [-0.05, 0) is 50.2 Å². The highest BCUT2D eigenvalue weighted by molar-refractivity contribution is 5.60. The van der Waals surface area contributed by atoms with Gasteiger partial charge >= 0.3 is 0 Å². The van der Waals surface area contributed by atoms with E-state index >= 15 is 0 Å². The van der Waals surface area contributed by atoms with Gasteiger partial charge < -0.3 is 8.83 Å². The topological polar surface area (TPSA) is 39.2 Å². The molecule has 3 heterocycles. The van der Waals surface area contributed by atoms with Gasteiger partial charge in [0.25, 0.3) is 0 Å². The Balaban J connectivity index is 2.04. The molecule has 18 heavy (non-hydrogen) atoms. The quantitative estimate of drug-likeness (QED) is 0.672. The summed E-state index contributed by atoms with van der Waals surface area (Å²) in [5.41, 5.74) is 1.63. The fourth-order valence-electron chi connectivity index (χ4n) is 1.85. The highest BCUT2D eigenvalue weighted by Crippen LogP contribution is 2.25. The predicted octanol–water partition coefficient (Wildman–Crippen LogP) is 4.22. The van der Waals surface area contributed by atoms with Crippen molar-refractivity contribution in [3.05, 3.63) is 54.0 Å². The van der Waals surface area contributed by atoms with Crippen LogP contribution < -0.4 is 0 Å². The van der Waals surface area contributed by atoms with Crippen LogP contribution in [0.2, 0.25) is 0 Å². The van der Waals surface area contributed by atoms with E-state index in [2.05, 4.69) is 4.98 Å². The lowest BCUT2D eigenvalue weighted by molar-refractivity contribution is 0.543. The molecule has 0 fully saturated rings. The predicted molar refractivity (Wildman–Crippen MR) is 69.1 cm³/mol. The molecule has 0 aliphatic heterocycles. The van der Waals surface area contributed by atoms with Gasteiger partial charge in [-0.2, -0.15) is 0 Å². The van der Waals surface area contributed by atoms with Gasteiger partial charge in [0, 0.05) is 0 Å². The third kappa shape index (κ3) is 1.95. The van der Waals surface area contributed by atoms with Crippen molar-refractivity contribution in [2.24, 2.45) is 0 Å². The number of aromatic nitrogens is 1. The van der Waals surface area contributed by atoms with Gasteiger partial charge in [-0.3, -0.25) is 0 Å². The first-order valence-corrected chi connectivity index (χ1v) is 5.83. The molecule has 0 radical (unpaired) electrons. The minimum atomic E-state index is 0.776. The van der Waals surface area contributed by atoms with Gasteiger partial charge in [0.05, 0.1) is 0 Å². The lowest BCUT2D eigenvalue weighted by atomic mass is 10.2. The van der Waals surface area contributed by atoms with Crippen LogP contribution in [0, 0.1) is 13.8 Å². The van der Waals surface area contributed by atoms with Crippen molar-refractivity contribution >= 4 is 0 Å². The van der Waals surface area contributed by atoms with Crippen molar-refractivity contribution in [1.29, 1.82) is 0 Å². The molecule has 3 heteroatoms. The van der Waals surface area contributed by atoms with Crippen molar-refractivity contribution in [3.8, 4) is 22.9 Å². The number of hydrogen-bond donors (Lipinski definition) is 0. The molecule has 0 aliphatic carbocycles. The van der Waals surface area contributed by atoms with Crippen LogP contribution in [0.1, 0.15) is 11.5 Å². The molecule has 0 amide bonds. The van der Waals surface area contributed by atoms with Crippen LogP contribution in [-0.4, -0.2) is 4.98 Å². The number of rotatable bonds is 2. The van der Waals surface area contributed by atoms with Crippen LogP contribution in [0.15, 0.2) is 51.3 Å². The molecule has 3 aromatic rings. The van der Waals surface area contributed by atoms with Crippen molar-refractivity contribution < 1.29 is 8.83 Å². The summed E-state index contributed by atoms with van der Waals surface area (Å²) in [7, 11) is 0. The SMILES string of the molecule is Cc1ccc(-c2cccc(-c3ccc(C)o3)n2)o1. The Hall–Kier alpha value is -2.29. The molecule has 0 aromatic carbocycles. The van der Waals surface area contributed by atoms with Crippen molar-refractivity contribution in [2.75, 3.05) is 0 Å². The maximum atomic E-state index is 5.57. The van der Waals surface area contributed by atoms with Crippen molar-refractivity contribution in [1.82, 2.24) is 4.98 Å². The van der Waals surface area contributed by atoms with Gasteiger partial charge in [0.1, 0.15) is 22.9 Å². The molecule has 3 rings (SSSR count). The van der Waals surface area contributed by atoms with E-state index in [0.29, 0.717) is 0 Å². The number of pyridine rings is 1. The van der Waals surface area contributed by atoms with E-state index in [0.717, 1.165) is 34.4 Å². The molecule has 0 bridgehead atoms. The Labute approximate surface area is 105 Å². The minimum Gasteiger partial charge on any atom is -0.460 e. The first-order valence-electron chi connectivity index (χ1n) is 5.83. The highest BCUT2D eigenvalue weighted by atomic mass is 16.3. The molecule has 0 N–H and O–H groups in total. The van der Waals surface area contributed by atoms with Crippen LogP contribution in [0.4, 0.5) is 0 Å². The summed E-state index contributed by atoms with van der Waals surface area (Å²) in [4.78, 5) is 4.55. The molecule has 0 aliphatic rings. The standard InChI is InChI=1S/C15H13NO2/c1-10-6-8-14(17-10)12-4-3-5-13(16-12)15-9-7-11(2)18-15/h3-9H,1-2H3. The van der Waals surface area contributed by atoms with Crippen LogP contribution in [0.3, 0.4) is 0 Å². The normalized spacial score (nSPS) is 10.8. The smallest absolute Gasteiger partial charge is 0.152 e. The summed E-state index contributed by atoms with van der Waals surface area (Å²) in [6.45, 7) is 3.84. The fraction of sp³-hybridized carbons (Fsp3) is 0.133. The Morgan fingerprint density at radius 2 is 1.22 bits per heavy atom. The summed E-state index contributed by atoms with van der Waals surface area (Å²) in [6.07, 6.45) is 0.